The van der Waals surface area contributed by atoms with E-state index < -0.39 is 0 Å². The molecule has 112 valence electrons. The average Bonchev–Trinajstić information content (AvgIpc) is 2.53. The molecule has 2 rings (SSSR count). The average molecular weight is 366 g/mol. The number of aryl methyl sites for hydroxylation is 1. The van der Waals surface area contributed by atoms with Gasteiger partial charge in [0.15, 0.2) is 0 Å². The molecule has 0 atom stereocenters. The Morgan fingerprint density at radius 3 is 2.57 bits per heavy atom. The molecule has 0 fully saturated rings. The number of aromatic nitrogens is 2. The van der Waals surface area contributed by atoms with E-state index in [0.29, 0.717) is 0 Å². The van der Waals surface area contributed by atoms with Gasteiger partial charge < -0.3 is 5.32 Å². The van der Waals surface area contributed by atoms with E-state index in [1.807, 2.05) is 6.07 Å². The topological polar surface area (TPSA) is 37.8 Å². The quantitative estimate of drug-likeness (QED) is 0.706. The van der Waals surface area contributed by atoms with Crippen molar-refractivity contribution < 1.29 is 0 Å². The van der Waals surface area contributed by atoms with Crippen LogP contribution in [0.1, 0.15) is 31.8 Å². The Morgan fingerprint density at radius 1 is 1.14 bits per heavy atom. The lowest BCUT2D eigenvalue weighted by Crippen LogP contribution is -2.08. The third-order valence-electron chi connectivity index (χ3n) is 2.95. The van der Waals surface area contributed by atoms with Gasteiger partial charge in [-0.25, -0.2) is 9.97 Å². The van der Waals surface area contributed by atoms with Gasteiger partial charge in [0.25, 0.3) is 0 Å². The third kappa shape index (κ3) is 4.71. The van der Waals surface area contributed by atoms with Crippen LogP contribution < -0.4 is 5.32 Å². The van der Waals surface area contributed by atoms with Crippen LogP contribution in [-0.2, 0) is 12.2 Å². The molecule has 0 bridgehead atoms. The summed E-state index contributed by atoms with van der Waals surface area (Å²) < 4.78 is 0.993. The molecular formula is C16H20BrN3S. The summed E-state index contributed by atoms with van der Waals surface area (Å²) in [6, 6.07) is 10.4. The van der Waals surface area contributed by atoms with Gasteiger partial charge >= 0.3 is 0 Å². The van der Waals surface area contributed by atoms with Gasteiger partial charge in [0, 0.05) is 11.4 Å². The molecule has 0 aliphatic heterocycles. The van der Waals surface area contributed by atoms with Crippen molar-refractivity contribution in [2.75, 3.05) is 11.9 Å². The SMILES string of the molecule is CCCNc1nc(CSc2ccccc2)nc(CC)c1Br. The molecule has 1 aromatic heterocycles. The minimum Gasteiger partial charge on any atom is -0.369 e. The summed E-state index contributed by atoms with van der Waals surface area (Å²) in [4.78, 5) is 10.5. The summed E-state index contributed by atoms with van der Waals surface area (Å²) >= 11 is 5.37. The lowest BCUT2D eigenvalue weighted by Gasteiger charge is -2.11. The zero-order valence-corrected chi connectivity index (χ0v) is 14.8. The molecular weight excluding hydrogens is 346 g/mol. The Labute approximate surface area is 139 Å². The second-order valence-corrected chi connectivity index (χ2v) is 6.47. The van der Waals surface area contributed by atoms with Crippen LogP contribution in [0.25, 0.3) is 0 Å². The van der Waals surface area contributed by atoms with Crippen molar-refractivity contribution in [3.8, 4) is 0 Å². The first-order chi connectivity index (χ1) is 10.2. The Hall–Kier alpha value is -1.07. The van der Waals surface area contributed by atoms with E-state index in [-0.39, 0.29) is 0 Å². The number of thioether (sulfide) groups is 1. The van der Waals surface area contributed by atoms with Gasteiger partial charge in [-0.2, -0.15) is 0 Å². The van der Waals surface area contributed by atoms with E-state index in [2.05, 4.69) is 69.3 Å². The van der Waals surface area contributed by atoms with Gasteiger partial charge in [-0.05, 0) is 40.9 Å². The molecule has 1 heterocycles. The highest BCUT2D eigenvalue weighted by molar-refractivity contribution is 9.10. The minimum absolute atomic E-state index is 0.783. The van der Waals surface area contributed by atoms with Crippen LogP contribution in [0.3, 0.4) is 0 Å². The van der Waals surface area contributed by atoms with Crippen molar-refractivity contribution in [3.63, 3.8) is 0 Å². The Morgan fingerprint density at radius 2 is 1.90 bits per heavy atom. The van der Waals surface area contributed by atoms with Gasteiger partial charge in [0.2, 0.25) is 0 Å². The molecule has 0 saturated carbocycles. The zero-order valence-electron chi connectivity index (χ0n) is 12.4. The van der Waals surface area contributed by atoms with Crippen LogP contribution in [-0.4, -0.2) is 16.5 Å². The summed E-state index contributed by atoms with van der Waals surface area (Å²) in [6.45, 7) is 5.18. The minimum atomic E-state index is 0.783. The molecule has 0 spiro atoms. The third-order valence-corrected chi connectivity index (χ3v) is 4.80. The van der Waals surface area contributed by atoms with Crippen molar-refractivity contribution in [2.24, 2.45) is 0 Å². The summed E-state index contributed by atoms with van der Waals surface area (Å²) in [7, 11) is 0. The van der Waals surface area contributed by atoms with E-state index in [1.165, 1.54) is 4.90 Å². The molecule has 2 aromatic rings. The van der Waals surface area contributed by atoms with Crippen LogP contribution in [0, 0.1) is 0 Å². The number of benzene rings is 1. The Kier molecular flexibility index (Phi) is 6.51. The summed E-state index contributed by atoms with van der Waals surface area (Å²) in [5.41, 5.74) is 1.06. The fraction of sp³-hybridized carbons (Fsp3) is 0.375. The van der Waals surface area contributed by atoms with Gasteiger partial charge in [0.1, 0.15) is 11.6 Å². The molecule has 3 nitrogen and oxygen atoms in total. The zero-order chi connectivity index (χ0) is 15.1. The Bertz CT molecular complexity index is 575. The predicted molar refractivity (Wildman–Crippen MR) is 93.9 cm³/mol. The molecule has 0 unspecified atom stereocenters. The number of hydrogen-bond acceptors (Lipinski definition) is 4. The number of nitrogens with one attached hydrogen (secondary N) is 1. The van der Waals surface area contributed by atoms with Crippen molar-refractivity contribution in [2.45, 2.75) is 37.3 Å². The van der Waals surface area contributed by atoms with Crippen LogP contribution in [0.2, 0.25) is 0 Å². The fourth-order valence-corrected chi connectivity index (χ4v) is 3.24. The summed E-state index contributed by atoms with van der Waals surface area (Å²) in [5.74, 6) is 2.57. The number of rotatable bonds is 7. The van der Waals surface area contributed by atoms with E-state index in [4.69, 9.17) is 0 Å². The highest BCUT2D eigenvalue weighted by Gasteiger charge is 2.11. The summed E-state index contributed by atoms with van der Waals surface area (Å²) in [6.07, 6.45) is 1.97. The van der Waals surface area contributed by atoms with Crippen LogP contribution >= 0.6 is 27.7 Å². The van der Waals surface area contributed by atoms with E-state index in [0.717, 1.165) is 46.9 Å². The van der Waals surface area contributed by atoms with Crippen molar-refractivity contribution in [3.05, 3.63) is 46.3 Å². The van der Waals surface area contributed by atoms with Gasteiger partial charge in [0.05, 0.1) is 15.9 Å². The monoisotopic (exact) mass is 365 g/mol. The van der Waals surface area contributed by atoms with E-state index in [1.54, 1.807) is 11.8 Å². The number of halogens is 1. The number of anilines is 1. The molecule has 0 aliphatic carbocycles. The van der Waals surface area contributed by atoms with E-state index >= 15 is 0 Å². The molecule has 0 radical (unpaired) electrons. The maximum atomic E-state index is 4.66. The summed E-state index contributed by atoms with van der Waals surface area (Å²) in [5, 5.41) is 3.37. The largest absolute Gasteiger partial charge is 0.369 e. The first-order valence-corrected chi connectivity index (χ1v) is 8.99. The standard InChI is InChI=1S/C16H20BrN3S/c1-3-10-18-16-15(17)13(4-2)19-14(20-16)11-21-12-8-6-5-7-9-12/h5-9H,3-4,10-11H2,1-2H3,(H,18,19,20). The second kappa shape index (κ2) is 8.39. The van der Waals surface area contributed by atoms with Crippen molar-refractivity contribution in [1.82, 2.24) is 9.97 Å². The van der Waals surface area contributed by atoms with Crippen molar-refractivity contribution in [1.29, 1.82) is 0 Å². The maximum absolute atomic E-state index is 4.66. The predicted octanol–water partition coefficient (Wildman–Crippen LogP) is 4.92. The smallest absolute Gasteiger partial charge is 0.144 e. The lowest BCUT2D eigenvalue weighted by molar-refractivity contribution is 0.907. The van der Waals surface area contributed by atoms with Crippen molar-refractivity contribution >= 4 is 33.5 Å². The number of hydrogen-bond donors (Lipinski definition) is 1. The van der Waals surface area contributed by atoms with Gasteiger partial charge in [-0.3, -0.25) is 0 Å². The lowest BCUT2D eigenvalue weighted by atomic mass is 10.3. The fourth-order valence-electron chi connectivity index (χ4n) is 1.87. The first-order valence-electron chi connectivity index (χ1n) is 7.21. The van der Waals surface area contributed by atoms with Crippen LogP contribution in [0.15, 0.2) is 39.7 Å². The molecule has 0 saturated heterocycles. The molecule has 0 amide bonds. The van der Waals surface area contributed by atoms with Gasteiger partial charge in [-0.1, -0.05) is 32.0 Å². The molecule has 5 heteroatoms. The maximum Gasteiger partial charge on any atom is 0.144 e. The molecule has 0 aliphatic rings. The molecule has 1 N–H and O–H groups in total. The normalized spacial score (nSPS) is 10.6. The highest BCUT2D eigenvalue weighted by Crippen LogP contribution is 2.27. The highest BCUT2D eigenvalue weighted by atomic mass is 79.9. The Balaban J connectivity index is 2.14. The van der Waals surface area contributed by atoms with Gasteiger partial charge in [-0.15, -0.1) is 11.8 Å². The number of nitrogens with zero attached hydrogens (tertiary/aromatic N) is 2. The second-order valence-electron chi connectivity index (χ2n) is 4.63. The van der Waals surface area contributed by atoms with Crippen LogP contribution in [0.4, 0.5) is 5.82 Å². The van der Waals surface area contributed by atoms with E-state index in [9.17, 15) is 0 Å². The first kappa shape index (κ1) is 16.3. The molecule has 21 heavy (non-hydrogen) atoms. The van der Waals surface area contributed by atoms with Crippen LogP contribution in [0.5, 0.6) is 0 Å². The molecule has 1 aromatic carbocycles.